The Morgan fingerprint density at radius 1 is 1.16 bits per heavy atom. The zero-order valence-corrected chi connectivity index (χ0v) is 11.6. The lowest BCUT2D eigenvalue weighted by atomic mass is 10.0. The van der Waals surface area contributed by atoms with Crippen molar-refractivity contribution in [2.24, 2.45) is 0 Å². The molecule has 19 heavy (non-hydrogen) atoms. The molecular weight excluding hydrogens is 288 g/mol. The normalized spacial score (nSPS) is 11.3. The number of ether oxygens (including phenoxy) is 1. The fourth-order valence-electron chi connectivity index (χ4n) is 1.75. The van der Waals surface area contributed by atoms with Gasteiger partial charge < -0.3 is 4.74 Å². The van der Waals surface area contributed by atoms with E-state index >= 15 is 0 Å². The van der Waals surface area contributed by atoms with Crippen LogP contribution in [0.2, 0.25) is 5.02 Å². The van der Waals surface area contributed by atoms with Gasteiger partial charge in [0.15, 0.2) is 0 Å². The van der Waals surface area contributed by atoms with Crippen LogP contribution in [0.5, 0.6) is 5.75 Å². The molecule has 0 radical (unpaired) electrons. The van der Waals surface area contributed by atoms with Gasteiger partial charge in [-0.15, -0.1) is 0 Å². The van der Waals surface area contributed by atoms with Crippen LogP contribution in [0.3, 0.4) is 0 Å². The van der Waals surface area contributed by atoms with Crippen LogP contribution in [-0.4, -0.2) is 20.1 Å². The highest BCUT2D eigenvalue weighted by Crippen LogP contribution is 2.33. The van der Waals surface area contributed by atoms with Gasteiger partial charge in [-0.05, 0) is 29.8 Å². The average molecular weight is 299 g/mol. The summed E-state index contributed by atoms with van der Waals surface area (Å²) in [6.45, 7) is 0. The maximum Gasteiger partial charge on any atom is 0.294 e. The quantitative estimate of drug-likeness (QED) is 0.883. The lowest BCUT2D eigenvalue weighted by molar-refractivity contribution is 0.416. The summed E-state index contributed by atoms with van der Waals surface area (Å²) in [5.41, 5.74) is 1.25. The molecule has 0 fully saturated rings. The molecule has 0 spiro atoms. The van der Waals surface area contributed by atoms with E-state index in [1.807, 2.05) is 0 Å². The second kappa shape index (κ2) is 5.21. The topological polar surface area (TPSA) is 63.6 Å². The molecule has 2 rings (SSSR count). The highest BCUT2D eigenvalue weighted by Gasteiger charge is 2.14. The van der Waals surface area contributed by atoms with Gasteiger partial charge in [-0.25, -0.2) is 0 Å². The number of benzene rings is 2. The molecule has 2 aromatic carbocycles. The first-order valence-electron chi connectivity index (χ1n) is 5.33. The summed E-state index contributed by atoms with van der Waals surface area (Å²) in [6.07, 6.45) is 0. The Balaban J connectivity index is 2.66. The van der Waals surface area contributed by atoms with Crippen LogP contribution in [0.1, 0.15) is 0 Å². The predicted molar refractivity (Wildman–Crippen MR) is 73.3 cm³/mol. The van der Waals surface area contributed by atoms with Crippen LogP contribution in [0.15, 0.2) is 47.4 Å². The fourth-order valence-corrected chi connectivity index (χ4v) is 2.60. The van der Waals surface area contributed by atoms with E-state index in [1.165, 1.54) is 19.2 Å². The van der Waals surface area contributed by atoms with E-state index < -0.39 is 10.1 Å². The Labute approximate surface area is 116 Å². The molecule has 0 unspecified atom stereocenters. The standard InChI is InChI=1S/C13H11ClO4S/c1-18-13-5-3-2-4-12(13)9-6-10(14)8-11(7-9)19(15,16)17/h2-8H,1H3,(H,15,16,17). The molecule has 0 saturated heterocycles. The second-order valence-corrected chi connectivity index (χ2v) is 5.71. The van der Waals surface area contributed by atoms with Crippen molar-refractivity contribution in [3.8, 4) is 16.9 Å². The Morgan fingerprint density at radius 3 is 2.47 bits per heavy atom. The predicted octanol–water partition coefficient (Wildman–Crippen LogP) is 3.26. The maximum atomic E-state index is 11.2. The van der Waals surface area contributed by atoms with Crippen LogP contribution in [0.25, 0.3) is 11.1 Å². The van der Waals surface area contributed by atoms with Gasteiger partial charge in [0.2, 0.25) is 0 Å². The maximum absolute atomic E-state index is 11.2. The van der Waals surface area contributed by atoms with Crippen molar-refractivity contribution in [3.63, 3.8) is 0 Å². The van der Waals surface area contributed by atoms with Crippen LogP contribution in [0, 0.1) is 0 Å². The number of halogens is 1. The first kappa shape index (κ1) is 13.9. The number of hydrogen-bond donors (Lipinski definition) is 1. The minimum absolute atomic E-state index is 0.219. The highest BCUT2D eigenvalue weighted by molar-refractivity contribution is 7.85. The van der Waals surface area contributed by atoms with E-state index in [0.717, 1.165) is 0 Å². The van der Waals surface area contributed by atoms with Crippen molar-refractivity contribution in [2.75, 3.05) is 7.11 Å². The lowest BCUT2D eigenvalue weighted by Gasteiger charge is -2.09. The average Bonchev–Trinajstić information content (AvgIpc) is 2.37. The summed E-state index contributed by atoms with van der Waals surface area (Å²) in [6, 6.07) is 11.3. The Morgan fingerprint density at radius 2 is 1.84 bits per heavy atom. The van der Waals surface area contributed by atoms with Crippen molar-refractivity contribution < 1.29 is 17.7 Å². The molecule has 0 heterocycles. The monoisotopic (exact) mass is 298 g/mol. The summed E-state index contributed by atoms with van der Waals surface area (Å²) in [4.78, 5) is -0.249. The van der Waals surface area contributed by atoms with Crippen LogP contribution < -0.4 is 4.74 Å². The molecule has 0 aliphatic heterocycles. The number of hydrogen-bond acceptors (Lipinski definition) is 3. The third-order valence-electron chi connectivity index (χ3n) is 2.59. The van der Waals surface area contributed by atoms with Gasteiger partial charge in [-0.2, -0.15) is 8.42 Å². The fraction of sp³-hybridized carbons (Fsp3) is 0.0769. The minimum atomic E-state index is -4.30. The van der Waals surface area contributed by atoms with Gasteiger partial charge in [0.05, 0.1) is 12.0 Å². The van der Waals surface area contributed by atoms with E-state index in [4.69, 9.17) is 20.9 Å². The first-order chi connectivity index (χ1) is 8.91. The second-order valence-electron chi connectivity index (χ2n) is 3.85. The Hall–Kier alpha value is -1.56. The molecule has 100 valence electrons. The van der Waals surface area contributed by atoms with Crippen molar-refractivity contribution in [1.82, 2.24) is 0 Å². The molecule has 0 bridgehead atoms. The first-order valence-corrected chi connectivity index (χ1v) is 7.15. The zero-order chi connectivity index (χ0) is 14.0. The van der Waals surface area contributed by atoms with Gasteiger partial charge in [0, 0.05) is 10.6 Å². The summed E-state index contributed by atoms with van der Waals surface area (Å²) in [5.74, 6) is 0.589. The van der Waals surface area contributed by atoms with E-state index in [0.29, 0.717) is 16.9 Å². The van der Waals surface area contributed by atoms with Crippen molar-refractivity contribution in [3.05, 3.63) is 47.5 Å². The van der Waals surface area contributed by atoms with Crippen LogP contribution >= 0.6 is 11.6 Å². The third kappa shape index (κ3) is 3.07. The summed E-state index contributed by atoms with van der Waals surface area (Å²) in [7, 11) is -2.78. The summed E-state index contributed by atoms with van der Waals surface area (Å²) >= 11 is 5.89. The highest BCUT2D eigenvalue weighted by atomic mass is 35.5. The SMILES string of the molecule is COc1ccccc1-c1cc(Cl)cc(S(=O)(=O)O)c1. The largest absolute Gasteiger partial charge is 0.496 e. The zero-order valence-electron chi connectivity index (χ0n) is 10.00. The van der Waals surface area contributed by atoms with E-state index in [2.05, 4.69) is 0 Å². The van der Waals surface area contributed by atoms with Crippen LogP contribution in [-0.2, 0) is 10.1 Å². The molecule has 4 nitrogen and oxygen atoms in total. The van der Waals surface area contributed by atoms with Gasteiger partial charge in [0.25, 0.3) is 10.1 Å². The van der Waals surface area contributed by atoms with Gasteiger partial charge >= 0.3 is 0 Å². The molecule has 0 aromatic heterocycles. The molecule has 0 aliphatic carbocycles. The van der Waals surface area contributed by atoms with E-state index in [1.54, 1.807) is 30.3 Å². The minimum Gasteiger partial charge on any atom is -0.496 e. The molecular formula is C13H11ClO4S. The Bertz CT molecular complexity index is 710. The number of para-hydroxylation sites is 1. The molecule has 0 saturated carbocycles. The molecule has 2 aromatic rings. The van der Waals surface area contributed by atoms with Gasteiger partial charge in [-0.1, -0.05) is 29.8 Å². The summed E-state index contributed by atoms with van der Waals surface area (Å²) < 4.78 is 36.7. The molecule has 0 aliphatic rings. The number of methoxy groups -OCH3 is 1. The third-order valence-corrected chi connectivity index (χ3v) is 3.64. The summed E-state index contributed by atoms with van der Waals surface area (Å²) in [5, 5.41) is 0.219. The van der Waals surface area contributed by atoms with E-state index in [-0.39, 0.29) is 9.92 Å². The van der Waals surface area contributed by atoms with Gasteiger partial charge in [0.1, 0.15) is 5.75 Å². The van der Waals surface area contributed by atoms with Crippen molar-refractivity contribution in [1.29, 1.82) is 0 Å². The molecule has 0 amide bonds. The smallest absolute Gasteiger partial charge is 0.294 e. The van der Waals surface area contributed by atoms with Gasteiger partial charge in [-0.3, -0.25) is 4.55 Å². The number of rotatable bonds is 3. The van der Waals surface area contributed by atoms with Crippen molar-refractivity contribution in [2.45, 2.75) is 4.90 Å². The Kier molecular flexibility index (Phi) is 3.80. The lowest BCUT2D eigenvalue weighted by Crippen LogP contribution is -1.98. The van der Waals surface area contributed by atoms with E-state index in [9.17, 15) is 8.42 Å². The molecule has 6 heteroatoms. The van der Waals surface area contributed by atoms with Crippen molar-refractivity contribution >= 4 is 21.7 Å². The molecule has 1 N–H and O–H groups in total. The molecule has 0 atom stereocenters. The van der Waals surface area contributed by atoms with Crippen LogP contribution in [0.4, 0.5) is 0 Å².